The zero-order chi connectivity index (χ0) is 26.2. The van der Waals surface area contributed by atoms with Crippen LogP contribution >= 0.6 is 11.8 Å². The summed E-state index contributed by atoms with van der Waals surface area (Å²) in [5.74, 6) is 0.905. The molecule has 3 aromatic rings. The molecule has 190 valence electrons. The fourth-order valence-corrected chi connectivity index (χ4v) is 4.59. The molecule has 3 aromatic carbocycles. The molecule has 0 aromatic heterocycles. The number of benzene rings is 3. The third-order valence-electron chi connectivity index (χ3n) is 5.61. The molecule has 0 spiro atoms. The number of anilines is 1. The number of hydrogen-bond acceptors (Lipinski definition) is 6. The first-order valence-electron chi connectivity index (χ1n) is 12.0. The van der Waals surface area contributed by atoms with Gasteiger partial charge < -0.3 is 14.8 Å². The van der Waals surface area contributed by atoms with E-state index in [0.717, 1.165) is 28.6 Å². The van der Waals surface area contributed by atoms with Crippen LogP contribution in [0.3, 0.4) is 0 Å². The maximum atomic E-state index is 12.7. The Labute approximate surface area is 220 Å². The van der Waals surface area contributed by atoms with E-state index in [0.29, 0.717) is 16.4 Å². The molecule has 4 rings (SSSR count). The zero-order valence-electron chi connectivity index (χ0n) is 20.7. The van der Waals surface area contributed by atoms with Crippen LogP contribution in [0.25, 0.3) is 6.08 Å². The Balaban J connectivity index is 1.29. The van der Waals surface area contributed by atoms with Crippen LogP contribution in [-0.4, -0.2) is 41.7 Å². The summed E-state index contributed by atoms with van der Waals surface area (Å²) in [6.45, 7) is 4.41. The van der Waals surface area contributed by atoms with Gasteiger partial charge in [0.05, 0.1) is 11.4 Å². The highest BCUT2D eigenvalue weighted by Gasteiger charge is 2.34. The van der Waals surface area contributed by atoms with Crippen molar-refractivity contribution in [2.75, 3.05) is 25.1 Å². The Morgan fingerprint density at radius 3 is 2.32 bits per heavy atom. The van der Waals surface area contributed by atoms with Crippen molar-refractivity contribution >= 4 is 40.6 Å². The number of carbonyl (C=O) groups is 3. The second-order valence-corrected chi connectivity index (χ2v) is 9.64. The molecule has 1 saturated heterocycles. The molecular formula is C29H28N2O5S. The quantitative estimate of drug-likeness (QED) is 0.336. The standard InChI is InChI=1S/C29H28N2O5S/c1-20(2)24-10-6-7-11-25(24)30-27(32)19-36-23-14-12-21(13-15-23)18-26-28(33)31(29(34)37-26)16-17-35-22-8-4-3-5-9-22/h3-15,18,20H,16-17,19H2,1-2H3,(H,30,32)/b26-18-. The summed E-state index contributed by atoms with van der Waals surface area (Å²) >= 11 is 0.904. The van der Waals surface area contributed by atoms with E-state index in [1.165, 1.54) is 4.90 Å². The zero-order valence-corrected chi connectivity index (χ0v) is 21.5. The van der Waals surface area contributed by atoms with E-state index in [2.05, 4.69) is 19.2 Å². The highest BCUT2D eigenvalue weighted by Crippen LogP contribution is 2.32. The predicted molar refractivity (Wildman–Crippen MR) is 146 cm³/mol. The van der Waals surface area contributed by atoms with Gasteiger partial charge in [0, 0.05) is 5.69 Å². The molecule has 7 nitrogen and oxygen atoms in total. The molecule has 0 atom stereocenters. The molecule has 1 N–H and O–H groups in total. The monoisotopic (exact) mass is 516 g/mol. The van der Waals surface area contributed by atoms with Crippen LogP contribution in [0, 0.1) is 0 Å². The van der Waals surface area contributed by atoms with E-state index in [1.54, 1.807) is 30.3 Å². The van der Waals surface area contributed by atoms with Gasteiger partial charge in [0.1, 0.15) is 18.1 Å². The van der Waals surface area contributed by atoms with Gasteiger partial charge in [-0.25, -0.2) is 0 Å². The average Bonchev–Trinajstić information content (AvgIpc) is 3.16. The van der Waals surface area contributed by atoms with E-state index in [1.807, 2.05) is 54.6 Å². The van der Waals surface area contributed by atoms with Crippen molar-refractivity contribution in [2.24, 2.45) is 0 Å². The van der Waals surface area contributed by atoms with Crippen LogP contribution < -0.4 is 14.8 Å². The first-order valence-corrected chi connectivity index (χ1v) is 12.8. The summed E-state index contributed by atoms with van der Waals surface area (Å²) in [6, 6.07) is 23.9. The third kappa shape index (κ3) is 7.01. The number of thioether (sulfide) groups is 1. The lowest BCUT2D eigenvalue weighted by Gasteiger charge is -2.14. The van der Waals surface area contributed by atoms with E-state index < -0.39 is 0 Å². The number of nitrogens with zero attached hydrogens (tertiary/aromatic N) is 1. The Hall–Kier alpha value is -4.04. The number of nitrogens with one attached hydrogen (secondary N) is 1. The van der Waals surface area contributed by atoms with Crippen molar-refractivity contribution in [1.29, 1.82) is 0 Å². The normalized spacial score (nSPS) is 14.4. The maximum absolute atomic E-state index is 12.7. The van der Waals surface area contributed by atoms with Gasteiger partial charge in [-0.3, -0.25) is 19.3 Å². The van der Waals surface area contributed by atoms with Crippen LogP contribution in [0.5, 0.6) is 11.5 Å². The number of carbonyl (C=O) groups excluding carboxylic acids is 3. The van der Waals surface area contributed by atoms with Gasteiger partial charge in [0.2, 0.25) is 0 Å². The van der Waals surface area contributed by atoms with Crippen molar-refractivity contribution in [3.63, 3.8) is 0 Å². The van der Waals surface area contributed by atoms with Gasteiger partial charge in [0.25, 0.3) is 17.1 Å². The van der Waals surface area contributed by atoms with Crippen LogP contribution in [0.1, 0.15) is 30.9 Å². The number of imide groups is 1. The molecule has 0 unspecified atom stereocenters. The Kier molecular flexibility index (Phi) is 8.64. The minimum absolute atomic E-state index is 0.129. The molecule has 1 fully saturated rings. The van der Waals surface area contributed by atoms with Crippen molar-refractivity contribution in [3.8, 4) is 11.5 Å². The first kappa shape index (κ1) is 26.0. The fourth-order valence-electron chi connectivity index (χ4n) is 3.73. The first-order chi connectivity index (χ1) is 17.9. The summed E-state index contributed by atoms with van der Waals surface area (Å²) < 4.78 is 11.2. The molecule has 0 bridgehead atoms. The second kappa shape index (κ2) is 12.3. The molecule has 0 aliphatic carbocycles. The molecule has 0 radical (unpaired) electrons. The molecule has 3 amide bonds. The SMILES string of the molecule is CC(C)c1ccccc1NC(=O)COc1ccc(/C=C2\SC(=O)N(CCOc3ccccc3)C2=O)cc1. The number of ether oxygens (including phenoxy) is 2. The van der Waals surface area contributed by atoms with E-state index in [9.17, 15) is 14.4 Å². The smallest absolute Gasteiger partial charge is 0.293 e. The molecule has 1 heterocycles. The largest absolute Gasteiger partial charge is 0.492 e. The van der Waals surface area contributed by atoms with Gasteiger partial charge in [-0.2, -0.15) is 0 Å². The number of amides is 3. The van der Waals surface area contributed by atoms with Gasteiger partial charge in [-0.15, -0.1) is 0 Å². The van der Waals surface area contributed by atoms with Crippen molar-refractivity contribution in [2.45, 2.75) is 19.8 Å². The molecule has 0 saturated carbocycles. The second-order valence-electron chi connectivity index (χ2n) is 8.64. The summed E-state index contributed by atoms with van der Waals surface area (Å²) in [6.07, 6.45) is 1.67. The lowest BCUT2D eigenvalue weighted by Crippen LogP contribution is -2.32. The number of rotatable bonds is 10. The van der Waals surface area contributed by atoms with Crippen LogP contribution in [-0.2, 0) is 9.59 Å². The highest BCUT2D eigenvalue weighted by atomic mass is 32.2. The summed E-state index contributed by atoms with van der Waals surface area (Å²) in [5, 5.41) is 2.58. The Morgan fingerprint density at radius 1 is 0.919 bits per heavy atom. The number of para-hydroxylation sites is 2. The van der Waals surface area contributed by atoms with Crippen LogP contribution in [0.4, 0.5) is 10.5 Å². The topological polar surface area (TPSA) is 84.9 Å². The minimum atomic E-state index is -0.342. The lowest BCUT2D eigenvalue weighted by molar-refractivity contribution is -0.123. The summed E-state index contributed by atoms with van der Waals surface area (Å²) in [5.41, 5.74) is 2.59. The van der Waals surface area contributed by atoms with Crippen LogP contribution in [0.15, 0.2) is 83.8 Å². The van der Waals surface area contributed by atoms with Gasteiger partial charge in [-0.05, 0) is 65.2 Å². The summed E-state index contributed by atoms with van der Waals surface area (Å²) in [4.78, 5) is 39.0. The number of hydrogen-bond donors (Lipinski definition) is 1. The van der Waals surface area contributed by atoms with Crippen molar-refractivity contribution in [3.05, 3.63) is 94.9 Å². The van der Waals surface area contributed by atoms with E-state index in [4.69, 9.17) is 9.47 Å². The van der Waals surface area contributed by atoms with Crippen molar-refractivity contribution < 1.29 is 23.9 Å². The molecular weight excluding hydrogens is 488 g/mol. The maximum Gasteiger partial charge on any atom is 0.293 e. The average molecular weight is 517 g/mol. The van der Waals surface area contributed by atoms with Gasteiger partial charge in [-0.1, -0.05) is 62.4 Å². The summed E-state index contributed by atoms with van der Waals surface area (Å²) in [7, 11) is 0. The molecule has 37 heavy (non-hydrogen) atoms. The molecule has 1 aliphatic heterocycles. The Morgan fingerprint density at radius 2 is 1.59 bits per heavy atom. The fraction of sp³-hybridized carbons (Fsp3) is 0.207. The Bertz CT molecular complexity index is 1290. The molecule has 8 heteroatoms. The predicted octanol–water partition coefficient (Wildman–Crippen LogP) is 5.94. The van der Waals surface area contributed by atoms with Gasteiger partial charge in [0.15, 0.2) is 6.61 Å². The van der Waals surface area contributed by atoms with Gasteiger partial charge >= 0.3 is 0 Å². The van der Waals surface area contributed by atoms with E-state index >= 15 is 0 Å². The lowest BCUT2D eigenvalue weighted by atomic mass is 10.0. The highest BCUT2D eigenvalue weighted by molar-refractivity contribution is 8.18. The van der Waals surface area contributed by atoms with Crippen molar-refractivity contribution in [1.82, 2.24) is 4.90 Å². The third-order valence-corrected chi connectivity index (χ3v) is 6.51. The molecule has 1 aliphatic rings. The van der Waals surface area contributed by atoms with Crippen LogP contribution in [0.2, 0.25) is 0 Å². The minimum Gasteiger partial charge on any atom is -0.492 e. The van der Waals surface area contributed by atoms with E-state index in [-0.39, 0.29) is 42.7 Å².